The van der Waals surface area contributed by atoms with Crippen molar-refractivity contribution in [1.29, 1.82) is 0 Å². The van der Waals surface area contributed by atoms with Gasteiger partial charge in [-0.3, -0.25) is 9.59 Å². The van der Waals surface area contributed by atoms with Crippen LogP contribution in [0.3, 0.4) is 0 Å². The lowest BCUT2D eigenvalue weighted by Gasteiger charge is -2.30. The second-order valence-corrected chi connectivity index (χ2v) is 12.2. The summed E-state index contributed by atoms with van der Waals surface area (Å²) in [6.07, 6.45) is -0.990. The molecule has 0 aromatic heterocycles. The van der Waals surface area contributed by atoms with Crippen LogP contribution in [0.1, 0.15) is 52.2 Å². The number of carbonyl (C=O) groups excluding carboxylic acids is 3. The third-order valence-electron chi connectivity index (χ3n) is 6.03. The zero-order chi connectivity index (χ0) is 28.5. The highest BCUT2D eigenvalue weighted by atomic mass is 127. The molecule has 0 fully saturated rings. The Labute approximate surface area is 239 Å². The molecule has 4 atom stereocenters. The second-order valence-electron chi connectivity index (χ2n) is 10.9. The summed E-state index contributed by atoms with van der Waals surface area (Å²) in [7, 11) is 0. The average molecular weight is 638 g/mol. The Morgan fingerprint density at radius 2 is 1.53 bits per heavy atom. The van der Waals surface area contributed by atoms with Crippen LogP contribution in [0.2, 0.25) is 0 Å². The minimum atomic E-state index is -1.08. The van der Waals surface area contributed by atoms with Gasteiger partial charge in [0.25, 0.3) is 0 Å². The molecule has 0 aliphatic rings. The van der Waals surface area contributed by atoms with Gasteiger partial charge in [0.1, 0.15) is 11.6 Å². The number of hydrogen-bond acceptors (Lipinski definition) is 5. The van der Waals surface area contributed by atoms with Gasteiger partial charge in [-0.15, -0.1) is 0 Å². The lowest BCUT2D eigenvalue weighted by molar-refractivity contribution is -0.131. The van der Waals surface area contributed by atoms with Crippen molar-refractivity contribution in [3.05, 3.63) is 69.3 Å². The number of primary amides is 1. The Balaban J connectivity index is 2.31. The van der Waals surface area contributed by atoms with Gasteiger partial charge in [-0.05, 0) is 91.8 Å². The number of aliphatic hydroxyl groups excluding tert-OH is 1. The largest absolute Gasteiger partial charge is 0.444 e. The zero-order valence-electron chi connectivity index (χ0n) is 22.7. The third-order valence-corrected chi connectivity index (χ3v) is 6.75. The quantitative estimate of drug-likeness (QED) is 0.262. The standard InChI is InChI=1S/C29H40IN3O5/c1-18(2)25(26(31)35)33-27(36)21(15-20-11-13-22(30)14-12-20)17-24(34)23(16-19-9-7-6-8-10-19)32-28(37)38-29(3,4)5/h6-14,18,21,23-25,34H,15-17H2,1-5H3,(H2,31,35)(H,32,37)(H,33,36)/t21-,23+,24+,25?/m1/s1. The van der Waals surface area contributed by atoms with Crippen molar-refractivity contribution in [2.45, 2.75) is 77.7 Å². The smallest absolute Gasteiger partial charge is 0.407 e. The summed E-state index contributed by atoms with van der Waals surface area (Å²) >= 11 is 2.21. The zero-order valence-corrected chi connectivity index (χ0v) is 24.9. The molecule has 38 heavy (non-hydrogen) atoms. The first-order chi connectivity index (χ1) is 17.7. The van der Waals surface area contributed by atoms with E-state index in [-0.39, 0.29) is 18.2 Å². The number of alkyl carbamates (subject to hydrolysis) is 1. The summed E-state index contributed by atoms with van der Waals surface area (Å²) in [5.41, 5.74) is 6.65. The lowest BCUT2D eigenvalue weighted by atomic mass is 9.88. The number of amides is 3. The molecule has 0 radical (unpaired) electrons. The number of ether oxygens (including phenoxy) is 1. The Bertz CT molecular complexity index is 1050. The van der Waals surface area contributed by atoms with E-state index in [9.17, 15) is 19.5 Å². The van der Waals surface area contributed by atoms with Crippen molar-refractivity contribution < 1.29 is 24.2 Å². The number of aliphatic hydroxyl groups is 1. The molecule has 5 N–H and O–H groups in total. The van der Waals surface area contributed by atoms with Crippen LogP contribution in [0.15, 0.2) is 54.6 Å². The first kappa shape index (κ1) is 31.6. The van der Waals surface area contributed by atoms with Crippen molar-refractivity contribution in [2.75, 3.05) is 0 Å². The topological polar surface area (TPSA) is 131 Å². The highest BCUT2D eigenvalue weighted by molar-refractivity contribution is 14.1. The Morgan fingerprint density at radius 3 is 2.05 bits per heavy atom. The molecule has 8 nitrogen and oxygen atoms in total. The molecule has 0 bridgehead atoms. The van der Waals surface area contributed by atoms with Crippen LogP contribution in [0.5, 0.6) is 0 Å². The van der Waals surface area contributed by atoms with Gasteiger partial charge in [0.05, 0.1) is 12.1 Å². The molecule has 9 heteroatoms. The Kier molecular flexibility index (Phi) is 12.0. The second kappa shape index (κ2) is 14.5. The maximum absolute atomic E-state index is 13.4. The summed E-state index contributed by atoms with van der Waals surface area (Å²) in [6.45, 7) is 8.90. The molecule has 0 heterocycles. The van der Waals surface area contributed by atoms with Crippen LogP contribution in [0.25, 0.3) is 0 Å². The number of rotatable bonds is 12. The predicted molar refractivity (Wildman–Crippen MR) is 156 cm³/mol. The van der Waals surface area contributed by atoms with Crippen LogP contribution in [0, 0.1) is 15.4 Å². The first-order valence-electron chi connectivity index (χ1n) is 12.8. The maximum Gasteiger partial charge on any atom is 0.407 e. The molecule has 0 aliphatic heterocycles. The number of benzene rings is 2. The van der Waals surface area contributed by atoms with E-state index >= 15 is 0 Å². The Morgan fingerprint density at radius 1 is 0.947 bits per heavy atom. The predicted octanol–water partition coefficient (Wildman–Crippen LogP) is 3.96. The first-order valence-corrected chi connectivity index (χ1v) is 13.9. The molecule has 0 aliphatic carbocycles. The fourth-order valence-corrected chi connectivity index (χ4v) is 4.45. The third kappa shape index (κ3) is 11.0. The minimum Gasteiger partial charge on any atom is -0.444 e. The van der Waals surface area contributed by atoms with Gasteiger partial charge in [-0.2, -0.15) is 0 Å². The fraction of sp³-hybridized carbons (Fsp3) is 0.483. The molecule has 3 amide bonds. The number of hydrogen-bond donors (Lipinski definition) is 4. The molecular formula is C29H40IN3O5. The van der Waals surface area contributed by atoms with Gasteiger partial charge in [0.2, 0.25) is 11.8 Å². The molecule has 0 saturated carbocycles. The molecule has 2 aromatic carbocycles. The van der Waals surface area contributed by atoms with E-state index in [0.717, 1.165) is 14.7 Å². The summed E-state index contributed by atoms with van der Waals surface area (Å²) in [4.78, 5) is 38.0. The van der Waals surface area contributed by atoms with E-state index in [1.165, 1.54) is 0 Å². The van der Waals surface area contributed by atoms with Crippen LogP contribution in [-0.2, 0) is 27.2 Å². The van der Waals surface area contributed by atoms with Gasteiger partial charge in [0, 0.05) is 9.49 Å². The number of nitrogens with one attached hydrogen (secondary N) is 2. The molecule has 2 rings (SSSR count). The van der Waals surface area contributed by atoms with E-state index in [2.05, 4.69) is 33.2 Å². The van der Waals surface area contributed by atoms with E-state index in [0.29, 0.717) is 12.8 Å². The lowest BCUT2D eigenvalue weighted by Crippen LogP contribution is -2.51. The highest BCUT2D eigenvalue weighted by Crippen LogP contribution is 2.21. The van der Waals surface area contributed by atoms with Gasteiger partial charge in [-0.25, -0.2) is 4.79 Å². The summed E-state index contributed by atoms with van der Waals surface area (Å²) in [6, 6.07) is 15.7. The van der Waals surface area contributed by atoms with Crippen LogP contribution in [-0.4, -0.2) is 46.8 Å². The van der Waals surface area contributed by atoms with Gasteiger partial charge < -0.3 is 26.2 Å². The van der Waals surface area contributed by atoms with Crippen molar-refractivity contribution in [1.82, 2.24) is 10.6 Å². The Hall–Kier alpha value is -2.66. The number of halogens is 1. The molecular weight excluding hydrogens is 597 g/mol. The summed E-state index contributed by atoms with van der Waals surface area (Å²) in [5.74, 6) is -1.87. The molecule has 2 aromatic rings. The number of nitrogens with two attached hydrogens (primary N) is 1. The normalized spacial score (nSPS) is 14.7. The highest BCUT2D eigenvalue weighted by Gasteiger charge is 2.32. The molecule has 208 valence electrons. The van der Waals surface area contributed by atoms with E-state index < -0.39 is 41.7 Å². The van der Waals surface area contributed by atoms with E-state index in [1.807, 2.05) is 54.6 Å². The molecule has 0 saturated heterocycles. The maximum atomic E-state index is 13.4. The van der Waals surface area contributed by atoms with Crippen molar-refractivity contribution in [3.8, 4) is 0 Å². The number of carbonyl (C=O) groups is 3. The molecule has 0 spiro atoms. The van der Waals surface area contributed by atoms with E-state index in [1.54, 1.807) is 34.6 Å². The van der Waals surface area contributed by atoms with Gasteiger partial charge in [-0.1, -0.05) is 56.3 Å². The van der Waals surface area contributed by atoms with Crippen LogP contribution < -0.4 is 16.4 Å². The van der Waals surface area contributed by atoms with Gasteiger partial charge >= 0.3 is 6.09 Å². The van der Waals surface area contributed by atoms with Crippen LogP contribution >= 0.6 is 22.6 Å². The van der Waals surface area contributed by atoms with Crippen molar-refractivity contribution >= 4 is 40.5 Å². The monoisotopic (exact) mass is 637 g/mol. The molecule has 1 unspecified atom stereocenters. The summed E-state index contributed by atoms with van der Waals surface area (Å²) < 4.78 is 6.49. The average Bonchev–Trinajstić information content (AvgIpc) is 2.81. The van der Waals surface area contributed by atoms with Crippen molar-refractivity contribution in [3.63, 3.8) is 0 Å². The fourth-order valence-electron chi connectivity index (χ4n) is 4.09. The minimum absolute atomic E-state index is 0.0503. The van der Waals surface area contributed by atoms with Gasteiger partial charge in [0.15, 0.2) is 0 Å². The van der Waals surface area contributed by atoms with E-state index in [4.69, 9.17) is 10.5 Å². The van der Waals surface area contributed by atoms with Crippen molar-refractivity contribution in [2.24, 2.45) is 17.6 Å². The van der Waals surface area contributed by atoms with Crippen LogP contribution in [0.4, 0.5) is 4.79 Å². The summed E-state index contributed by atoms with van der Waals surface area (Å²) in [5, 5.41) is 16.9. The SMILES string of the molecule is CC(C)C(NC(=O)[C@H](Cc1ccc(I)cc1)C[C@H](O)[C@H](Cc1ccccc1)NC(=O)OC(C)(C)C)C(N)=O.